The van der Waals surface area contributed by atoms with E-state index in [1.165, 1.54) is 14.7 Å². The molecule has 30 nitrogen and oxygen atoms in total. The van der Waals surface area contributed by atoms with Crippen molar-refractivity contribution in [1.82, 2.24) is 59.6 Å². The molecular formula is C72H73N21O9. The molecule has 0 spiro atoms. The maximum absolute atomic E-state index is 14.2. The molecule has 3 unspecified atom stereocenters. The van der Waals surface area contributed by atoms with Crippen LogP contribution >= 0.6 is 0 Å². The quantitative estimate of drug-likeness (QED) is 0.0332. The van der Waals surface area contributed by atoms with E-state index in [4.69, 9.17) is 14.2 Å². The highest BCUT2D eigenvalue weighted by molar-refractivity contribution is 6.23. The van der Waals surface area contributed by atoms with E-state index < -0.39 is 72.3 Å². The Bertz CT molecular complexity index is 4120. The number of imide groups is 3. The lowest BCUT2D eigenvalue weighted by Gasteiger charge is -2.22. The minimum atomic E-state index is -1.41. The van der Waals surface area contributed by atoms with E-state index in [1.807, 2.05) is 140 Å². The van der Waals surface area contributed by atoms with Gasteiger partial charge in [0.25, 0.3) is 17.7 Å². The van der Waals surface area contributed by atoms with Gasteiger partial charge in [-0.2, -0.15) is 59.6 Å². The largest absolute Gasteiger partial charge is 0.357 e. The molecule has 3 aromatic heterocycles. The first-order chi connectivity index (χ1) is 49.7. The van der Waals surface area contributed by atoms with Gasteiger partial charge in [-0.3, -0.25) is 29.1 Å². The maximum atomic E-state index is 14.2. The molecule has 3 aliphatic heterocycles. The predicted molar refractivity (Wildman–Crippen MR) is 383 cm³/mol. The van der Waals surface area contributed by atoms with Crippen LogP contribution in [0, 0.1) is 0 Å². The number of hydrogen-bond donors (Lipinski definition) is 5. The number of carbonyl (C=O) groups is 6. The van der Waals surface area contributed by atoms with E-state index in [2.05, 4.69) is 71.4 Å². The van der Waals surface area contributed by atoms with Crippen LogP contribution in [0.4, 0.5) is 90.7 Å². The fraction of sp³-hybridized carbons (Fsp3) is 0.208. The number of anilines is 13. The number of hydrogen-bond acceptors (Lipinski definition) is 24. The van der Waals surface area contributed by atoms with Gasteiger partial charge in [0, 0.05) is 63.7 Å². The monoisotopic (exact) mass is 1380 g/mol. The number of nitrogens with zero attached hydrogens (tertiary/aromatic N) is 16. The van der Waals surface area contributed by atoms with E-state index >= 15 is 0 Å². The van der Waals surface area contributed by atoms with Gasteiger partial charge in [0.05, 0.1) is 19.6 Å². The molecule has 0 aliphatic carbocycles. The fourth-order valence-electron chi connectivity index (χ4n) is 10.5. The van der Waals surface area contributed by atoms with Gasteiger partial charge in [0.15, 0.2) is 0 Å². The number of ether oxygens (including phenoxy) is 3. The lowest BCUT2D eigenvalue weighted by molar-refractivity contribution is -0.134. The Morgan fingerprint density at radius 2 is 0.569 bits per heavy atom. The van der Waals surface area contributed by atoms with Crippen LogP contribution < -0.4 is 46.2 Å². The van der Waals surface area contributed by atoms with Crippen LogP contribution in [0.15, 0.2) is 212 Å². The molecular weight excluding hydrogens is 1300 g/mol. The van der Waals surface area contributed by atoms with Gasteiger partial charge in [-0.05, 0) is 86.0 Å². The van der Waals surface area contributed by atoms with Crippen molar-refractivity contribution in [2.24, 2.45) is 0 Å². The minimum Gasteiger partial charge on any atom is -0.357 e. The number of rotatable bonds is 25. The third-order valence-corrected chi connectivity index (χ3v) is 15.2. The zero-order valence-corrected chi connectivity index (χ0v) is 56.5. The van der Waals surface area contributed by atoms with Crippen molar-refractivity contribution in [1.29, 1.82) is 0 Å². The van der Waals surface area contributed by atoms with Crippen LogP contribution in [-0.4, -0.2) is 155 Å². The lowest BCUT2D eigenvalue weighted by atomic mass is 10.2. The Kier molecular flexibility index (Phi) is 23.2. The second kappa shape index (κ2) is 33.6. The Hall–Kier alpha value is -12.9. The summed E-state index contributed by atoms with van der Waals surface area (Å²) >= 11 is 0. The molecule has 6 heterocycles. The Balaban J connectivity index is 0.000000188. The molecule has 3 saturated heterocycles. The molecule has 10 aromatic rings. The number of aromatic nitrogens is 9. The maximum Gasteiger partial charge on any atom is 0.336 e. The summed E-state index contributed by atoms with van der Waals surface area (Å²) in [6.07, 6.45) is -4.24. The number of benzene rings is 7. The third-order valence-electron chi connectivity index (χ3n) is 15.2. The summed E-state index contributed by atoms with van der Waals surface area (Å²) in [5.41, 5.74) is 5.74. The third kappa shape index (κ3) is 17.1. The Labute approximate surface area is 587 Å². The molecule has 102 heavy (non-hydrogen) atoms. The van der Waals surface area contributed by atoms with Gasteiger partial charge in [-0.1, -0.05) is 164 Å². The molecule has 3 atom stereocenters. The molecule has 3 fully saturated rings. The van der Waals surface area contributed by atoms with Crippen molar-refractivity contribution in [3.63, 3.8) is 0 Å². The van der Waals surface area contributed by atoms with Crippen LogP contribution in [0.2, 0.25) is 0 Å². The molecule has 0 radical (unpaired) electrons. The molecule has 9 amide bonds. The molecule has 13 rings (SSSR count). The molecule has 30 heteroatoms. The number of urea groups is 3. The fourth-order valence-corrected chi connectivity index (χ4v) is 10.5. The molecule has 3 aliphatic rings. The molecule has 0 bridgehead atoms. The molecule has 0 saturated carbocycles. The highest BCUT2D eigenvalue weighted by atomic mass is 16.5. The van der Waals surface area contributed by atoms with Gasteiger partial charge < -0.3 is 45.7 Å². The van der Waals surface area contributed by atoms with Crippen molar-refractivity contribution >= 4 is 112 Å². The van der Waals surface area contributed by atoms with Crippen LogP contribution in [-0.2, 0) is 48.2 Å². The standard InChI is InChI=1S/C39H39N9O9.C17H18N6.C16H16N6/c1-4-55-31-28(49)46(37(52)43(31)22-25-16-10-7-11-17-25)34-40-35(47-29(50)32(56-5-2)44(38(47)53)23-26-18-12-8-13-19-26)42-36(41-34)48-30(51)33(57-6-3)45(39(48)54)24-27-20-14-9-15-21-27;1-23(2)17-21-15(18-13-9-5-3-6-10-13)20-16(22-17)19-14-11-7-4-8-12-14;1-17-14-20-15(18-12-8-4-2-5-9-12)22-16(21-14)19-13-10-6-3-7-11-13/h7-21,31-33H,4-6,22-24H2,1-3H3;3-12H,1-2H3,(H2,18,19,20,21,22);2-11H,1H3,(H3,17,18,19,20,21,22). The Morgan fingerprint density at radius 1 is 0.333 bits per heavy atom. The number of amides is 9. The lowest BCUT2D eigenvalue weighted by Crippen LogP contribution is -2.39. The Morgan fingerprint density at radius 3 is 0.804 bits per heavy atom. The topological polar surface area (TPSA) is 329 Å². The zero-order valence-electron chi connectivity index (χ0n) is 56.5. The average Bonchev–Trinajstić information content (AvgIpc) is 1.59. The number of nitrogens with one attached hydrogen (secondary N) is 5. The summed E-state index contributed by atoms with van der Waals surface area (Å²) in [5, 5.41) is 15.7. The van der Waals surface area contributed by atoms with Crippen LogP contribution in [0.5, 0.6) is 0 Å². The van der Waals surface area contributed by atoms with E-state index in [1.54, 1.807) is 119 Å². The highest BCUT2D eigenvalue weighted by Crippen LogP contribution is 2.34. The van der Waals surface area contributed by atoms with Gasteiger partial charge in [0.1, 0.15) is 0 Å². The van der Waals surface area contributed by atoms with Crippen molar-refractivity contribution < 1.29 is 43.0 Å². The van der Waals surface area contributed by atoms with E-state index in [0.717, 1.165) is 22.7 Å². The van der Waals surface area contributed by atoms with E-state index in [0.29, 0.717) is 67.1 Å². The summed E-state index contributed by atoms with van der Waals surface area (Å²) in [6, 6.07) is 63.1. The van der Waals surface area contributed by atoms with E-state index in [9.17, 15) is 28.8 Å². The average molecular weight is 1380 g/mol. The van der Waals surface area contributed by atoms with Crippen LogP contribution in [0.25, 0.3) is 0 Å². The predicted octanol–water partition coefficient (Wildman–Crippen LogP) is 10.7. The summed E-state index contributed by atoms with van der Waals surface area (Å²) in [7, 11) is 5.57. The summed E-state index contributed by atoms with van der Waals surface area (Å²) in [4.78, 5) is 131. The van der Waals surface area contributed by atoms with Crippen molar-refractivity contribution in [3.8, 4) is 0 Å². The SMILES string of the molecule is CCOC1C(=O)N(c2nc(N3C(=O)C(OCC)N(Cc4ccccc4)C3=O)nc(N3C(=O)C(OCC)N(Cc4ccccc4)C3=O)n2)C(=O)N1Cc1ccccc1.CN(C)c1nc(Nc2ccccc2)nc(Nc2ccccc2)n1.CNc1nc(Nc2ccccc2)nc(Nc2ccccc2)n1. The summed E-state index contributed by atoms with van der Waals surface area (Å²) in [5.74, 6) is -1.68. The summed E-state index contributed by atoms with van der Waals surface area (Å²) < 4.78 is 17.2. The summed E-state index contributed by atoms with van der Waals surface area (Å²) in [6.45, 7) is 4.99. The molecule has 7 aromatic carbocycles. The van der Waals surface area contributed by atoms with Crippen molar-refractivity contribution in [2.45, 2.75) is 59.1 Å². The van der Waals surface area contributed by atoms with Gasteiger partial charge in [-0.15, -0.1) is 0 Å². The van der Waals surface area contributed by atoms with Crippen molar-refractivity contribution in [3.05, 3.63) is 229 Å². The van der Waals surface area contributed by atoms with Gasteiger partial charge in [0.2, 0.25) is 72.2 Å². The first-order valence-corrected chi connectivity index (χ1v) is 32.5. The van der Waals surface area contributed by atoms with Crippen LogP contribution in [0.3, 0.4) is 0 Å². The second-order valence-corrected chi connectivity index (χ2v) is 22.6. The van der Waals surface area contributed by atoms with Crippen molar-refractivity contribution in [2.75, 3.05) is 87.1 Å². The zero-order chi connectivity index (χ0) is 71.5. The van der Waals surface area contributed by atoms with E-state index in [-0.39, 0.29) is 39.5 Å². The van der Waals surface area contributed by atoms with Gasteiger partial charge >= 0.3 is 18.1 Å². The minimum absolute atomic E-state index is 0.0431. The van der Waals surface area contributed by atoms with Crippen LogP contribution in [0.1, 0.15) is 37.5 Å². The van der Waals surface area contributed by atoms with Gasteiger partial charge in [-0.25, -0.2) is 14.4 Å². The highest BCUT2D eigenvalue weighted by Gasteiger charge is 2.53. The second-order valence-electron chi connectivity index (χ2n) is 22.6. The number of para-hydroxylation sites is 4. The first kappa shape index (κ1) is 70.4. The smallest absolute Gasteiger partial charge is 0.336 e. The molecule has 5 N–H and O–H groups in total. The molecule has 520 valence electrons. The number of carbonyl (C=O) groups excluding carboxylic acids is 6. The normalized spacial score (nSPS) is 15.6. The first-order valence-electron chi connectivity index (χ1n) is 32.5.